The van der Waals surface area contributed by atoms with Crippen molar-refractivity contribution in [2.24, 2.45) is 0 Å². The number of imidazole rings is 1. The molecule has 29 heavy (non-hydrogen) atoms. The molecule has 0 aliphatic carbocycles. The number of aromatic amines is 1. The van der Waals surface area contributed by atoms with Crippen LogP contribution in [0.4, 0.5) is 16.2 Å². The molecule has 4 rings (SSSR count). The lowest BCUT2D eigenvalue weighted by molar-refractivity contribution is 0.628. The van der Waals surface area contributed by atoms with Crippen LogP contribution in [0.1, 0.15) is 5.82 Å². The molecule has 3 aromatic heterocycles. The highest BCUT2D eigenvalue weighted by atomic mass is 19.1. The number of hydrogen-bond acceptors (Lipinski definition) is 6. The maximum absolute atomic E-state index is 13.8. The fraction of sp³-hybridized carbons (Fsp3) is 0.143. The maximum Gasteiger partial charge on any atom is 0.224 e. The Kier molecular flexibility index (Phi) is 5.15. The standard InChI is InChI=1S/C21H20FN7/c1-29(2)18-9-11-24-21(28-18)25-13-17-26-19(14-6-5-7-15(22)12-14)20(27-17)16-8-3-4-10-23-16/h3-12H,13H2,1-2H3,(H,26,27)(H,24,25,28). The predicted octanol–water partition coefficient (Wildman–Crippen LogP) is 3.75. The van der Waals surface area contributed by atoms with Gasteiger partial charge < -0.3 is 15.2 Å². The maximum atomic E-state index is 13.8. The van der Waals surface area contributed by atoms with Crippen LogP contribution in [0.25, 0.3) is 22.6 Å². The van der Waals surface area contributed by atoms with Crippen LogP contribution < -0.4 is 10.2 Å². The van der Waals surface area contributed by atoms with Crippen LogP contribution in [0, 0.1) is 5.82 Å². The highest BCUT2D eigenvalue weighted by molar-refractivity contribution is 5.76. The average molecular weight is 389 g/mol. The first-order valence-electron chi connectivity index (χ1n) is 9.10. The third-order valence-electron chi connectivity index (χ3n) is 4.28. The first-order chi connectivity index (χ1) is 14.1. The zero-order valence-corrected chi connectivity index (χ0v) is 16.1. The van der Waals surface area contributed by atoms with Gasteiger partial charge in [-0.1, -0.05) is 18.2 Å². The van der Waals surface area contributed by atoms with Gasteiger partial charge in [0.25, 0.3) is 0 Å². The summed E-state index contributed by atoms with van der Waals surface area (Å²) < 4.78 is 13.8. The van der Waals surface area contributed by atoms with E-state index in [2.05, 4.69) is 30.2 Å². The summed E-state index contributed by atoms with van der Waals surface area (Å²) >= 11 is 0. The van der Waals surface area contributed by atoms with Crippen LogP contribution in [0.3, 0.4) is 0 Å². The molecule has 1 aromatic carbocycles. The molecule has 0 atom stereocenters. The summed E-state index contributed by atoms with van der Waals surface area (Å²) in [5.41, 5.74) is 2.79. The lowest BCUT2D eigenvalue weighted by Crippen LogP contribution is -2.12. The molecule has 4 aromatic rings. The Labute approximate surface area is 167 Å². The zero-order valence-electron chi connectivity index (χ0n) is 16.1. The summed E-state index contributed by atoms with van der Waals surface area (Å²) in [4.78, 5) is 23.0. The van der Waals surface area contributed by atoms with E-state index in [-0.39, 0.29) is 5.82 Å². The minimum Gasteiger partial charge on any atom is -0.363 e. The van der Waals surface area contributed by atoms with E-state index in [0.717, 1.165) is 17.2 Å². The van der Waals surface area contributed by atoms with Crippen molar-refractivity contribution < 1.29 is 4.39 Å². The molecule has 2 N–H and O–H groups in total. The van der Waals surface area contributed by atoms with Crippen molar-refractivity contribution in [3.8, 4) is 22.6 Å². The summed E-state index contributed by atoms with van der Waals surface area (Å²) in [7, 11) is 3.84. The highest BCUT2D eigenvalue weighted by Crippen LogP contribution is 2.29. The van der Waals surface area contributed by atoms with Crippen LogP contribution in [0.2, 0.25) is 0 Å². The van der Waals surface area contributed by atoms with Crippen LogP contribution in [-0.2, 0) is 6.54 Å². The quantitative estimate of drug-likeness (QED) is 0.523. The van der Waals surface area contributed by atoms with Gasteiger partial charge in [-0.3, -0.25) is 4.98 Å². The van der Waals surface area contributed by atoms with Gasteiger partial charge in [0.1, 0.15) is 17.5 Å². The van der Waals surface area contributed by atoms with Crippen molar-refractivity contribution in [3.63, 3.8) is 0 Å². The molecule has 0 saturated carbocycles. The monoisotopic (exact) mass is 389 g/mol. The van der Waals surface area contributed by atoms with Crippen molar-refractivity contribution in [1.82, 2.24) is 24.9 Å². The molecule has 0 unspecified atom stereocenters. The summed E-state index contributed by atoms with van der Waals surface area (Å²) in [6, 6.07) is 13.8. The van der Waals surface area contributed by atoms with Gasteiger partial charge in [-0.25, -0.2) is 14.4 Å². The van der Waals surface area contributed by atoms with Gasteiger partial charge in [0.2, 0.25) is 5.95 Å². The number of hydrogen-bond donors (Lipinski definition) is 2. The molecule has 0 aliphatic rings. The summed E-state index contributed by atoms with van der Waals surface area (Å²) in [5, 5.41) is 3.17. The van der Waals surface area contributed by atoms with Gasteiger partial charge in [-0.05, 0) is 30.3 Å². The van der Waals surface area contributed by atoms with E-state index in [1.807, 2.05) is 49.3 Å². The number of rotatable bonds is 6. The average Bonchev–Trinajstić information content (AvgIpc) is 3.17. The number of benzene rings is 1. The van der Waals surface area contributed by atoms with Crippen molar-refractivity contribution in [2.75, 3.05) is 24.3 Å². The van der Waals surface area contributed by atoms with Crippen LogP contribution in [-0.4, -0.2) is 39.0 Å². The first-order valence-corrected chi connectivity index (χ1v) is 9.10. The van der Waals surface area contributed by atoms with E-state index in [9.17, 15) is 4.39 Å². The molecule has 0 radical (unpaired) electrons. The van der Waals surface area contributed by atoms with Crippen molar-refractivity contribution in [1.29, 1.82) is 0 Å². The second-order valence-corrected chi connectivity index (χ2v) is 6.62. The first kappa shape index (κ1) is 18.5. The highest BCUT2D eigenvalue weighted by Gasteiger charge is 2.15. The Morgan fingerprint density at radius 3 is 2.66 bits per heavy atom. The largest absolute Gasteiger partial charge is 0.363 e. The third-order valence-corrected chi connectivity index (χ3v) is 4.28. The van der Waals surface area contributed by atoms with E-state index in [1.54, 1.807) is 18.5 Å². The van der Waals surface area contributed by atoms with Gasteiger partial charge in [0.15, 0.2) is 0 Å². The number of H-pyrrole nitrogens is 1. The van der Waals surface area contributed by atoms with E-state index in [1.165, 1.54) is 12.1 Å². The molecule has 0 fully saturated rings. The van der Waals surface area contributed by atoms with Crippen LogP contribution in [0.5, 0.6) is 0 Å². The number of nitrogens with one attached hydrogen (secondary N) is 2. The molecule has 0 bridgehead atoms. The summed E-state index contributed by atoms with van der Waals surface area (Å²) in [6.07, 6.45) is 3.41. The molecule has 0 amide bonds. The molecule has 0 aliphatic heterocycles. The van der Waals surface area contributed by atoms with E-state index >= 15 is 0 Å². The fourth-order valence-corrected chi connectivity index (χ4v) is 2.89. The van der Waals surface area contributed by atoms with Gasteiger partial charge in [-0.15, -0.1) is 0 Å². The molecular weight excluding hydrogens is 369 g/mol. The molecular formula is C21H20FN7. The molecule has 7 nitrogen and oxygen atoms in total. The Bertz CT molecular complexity index is 1110. The summed E-state index contributed by atoms with van der Waals surface area (Å²) in [5.74, 6) is 1.66. The normalized spacial score (nSPS) is 10.7. The molecule has 0 spiro atoms. The van der Waals surface area contributed by atoms with E-state index < -0.39 is 0 Å². The smallest absolute Gasteiger partial charge is 0.224 e. The molecule has 8 heteroatoms. The minimum atomic E-state index is -0.314. The Morgan fingerprint density at radius 2 is 1.90 bits per heavy atom. The third kappa shape index (κ3) is 4.21. The summed E-state index contributed by atoms with van der Waals surface area (Å²) in [6.45, 7) is 0.381. The predicted molar refractivity (Wildman–Crippen MR) is 111 cm³/mol. The fourth-order valence-electron chi connectivity index (χ4n) is 2.89. The topological polar surface area (TPSA) is 82.6 Å². The number of aromatic nitrogens is 5. The number of anilines is 2. The Morgan fingerprint density at radius 1 is 1.00 bits per heavy atom. The van der Waals surface area contributed by atoms with Crippen LogP contribution >= 0.6 is 0 Å². The minimum absolute atomic E-state index is 0.314. The van der Waals surface area contributed by atoms with Gasteiger partial charge in [0.05, 0.1) is 23.6 Å². The SMILES string of the molecule is CN(C)c1ccnc(NCc2nc(-c3cccc(F)c3)c(-c3ccccn3)[nH]2)n1. The van der Waals surface area contributed by atoms with E-state index in [4.69, 9.17) is 0 Å². The molecule has 146 valence electrons. The van der Waals surface area contributed by atoms with Crippen LogP contribution in [0.15, 0.2) is 60.9 Å². The van der Waals surface area contributed by atoms with Gasteiger partial charge in [-0.2, -0.15) is 4.98 Å². The number of halogens is 1. The lowest BCUT2D eigenvalue weighted by Gasteiger charge is -2.11. The van der Waals surface area contributed by atoms with Crippen molar-refractivity contribution in [2.45, 2.75) is 6.54 Å². The second kappa shape index (κ2) is 8.05. The van der Waals surface area contributed by atoms with Gasteiger partial charge in [0, 0.05) is 32.1 Å². The van der Waals surface area contributed by atoms with Crippen molar-refractivity contribution >= 4 is 11.8 Å². The van der Waals surface area contributed by atoms with Gasteiger partial charge >= 0.3 is 0 Å². The van der Waals surface area contributed by atoms with Crippen molar-refractivity contribution in [3.05, 3.63) is 72.6 Å². The second-order valence-electron chi connectivity index (χ2n) is 6.62. The zero-order chi connectivity index (χ0) is 20.2. The Balaban J connectivity index is 1.65. The molecule has 0 saturated heterocycles. The number of pyridine rings is 1. The Hall–Kier alpha value is -3.81. The molecule has 3 heterocycles. The number of nitrogens with zero attached hydrogens (tertiary/aromatic N) is 5. The lowest BCUT2D eigenvalue weighted by atomic mass is 10.1. The van der Waals surface area contributed by atoms with E-state index in [0.29, 0.717) is 29.6 Å².